The summed E-state index contributed by atoms with van der Waals surface area (Å²) in [5.41, 5.74) is 7.02. The lowest BCUT2D eigenvalue weighted by atomic mass is 10.0. The van der Waals surface area contributed by atoms with E-state index in [1.165, 1.54) is 11.1 Å². The van der Waals surface area contributed by atoms with Crippen molar-refractivity contribution in [1.82, 2.24) is 15.4 Å². The highest BCUT2D eigenvalue weighted by atomic mass is 35.5. The predicted octanol–water partition coefficient (Wildman–Crippen LogP) is 4.85. The van der Waals surface area contributed by atoms with E-state index < -0.39 is 0 Å². The maximum absolute atomic E-state index is 6.15. The van der Waals surface area contributed by atoms with E-state index in [1.807, 2.05) is 42.4 Å². The van der Waals surface area contributed by atoms with Crippen LogP contribution in [-0.2, 0) is 13.0 Å². The molecule has 0 radical (unpaired) electrons. The van der Waals surface area contributed by atoms with Crippen LogP contribution in [0.3, 0.4) is 0 Å². The van der Waals surface area contributed by atoms with Crippen LogP contribution in [0.15, 0.2) is 42.5 Å². The molecule has 1 aromatic heterocycles. The smallest absolute Gasteiger partial charge is 0.226 e. The minimum Gasteiger partial charge on any atom is -0.497 e. The number of anilines is 3. The van der Waals surface area contributed by atoms with Crippen LogP contribution in [0.25, 0.3) is 0 Å². The fraction of sp³-hybridized carbons (Fsp3) is 0.333. The first kappa shape index (κ1) is 22.1. The van der Waals surface area contributed by atoms with E-state index in [9.17, 15) is 0 Å². The van der Waals surface area contributed by atoms with E-state index in [1.54, 1.807) is 7.11 Å². The zero-order chi connectivity index (χ0) is 22.9. The number of hydrazine groups is 1. The van der Waals surface area contributed by atoms with Crippen molar-refractivity contribution < 1.29 is 4.74 Å². The molecule has 1 unspecified atom stereocenters. The van der Waals surface area contributed by atoms with Crippen molar-refractivity contribution in [2.45, 2.75) is 25.4 Å². The minimum atomic E-state index is 0.248. The minimum absolute atomic E-state index is 0.248. The van der Waals surface area contributed by atoms with E-state index in [-0.39, 0.29) is 6.04 Å². The molecule has 0 bridgehead atoms. The molecule has 9 heteroatoms. The van der Waals surface area contributed by atoms with Crippen LogP contribution in [0.4, 0.5) is 17.6 Å². The Morgan fingerprint density at radius 3 is 2.58 bits per heavy atom. The van der Waals surface area contributed by atoms with Gasteiger partial charge in [-0.1, -0.05) is 41.4 Å². The summed E-state index contributed by atoms with van der Waals surface area (Å²) in [7, 11) is 3.69. The molecule has 1 atom stereocenters. The third kappa shape index (κ3) is 4.53. The summed E-state index contributed by atoms with van der Waals surface area (Å²) in [6.45, 7) is 2.39. The van der Waals surface area contributed by atoms with Crippen LogP contribution in [0.1, 0.15) is 29.2 Å². The maximum Gasteiger partial charge on any atom is 0.226 e. The molecule has 3 aromatic rings. The summed E-state index contributed by atoms with van der Waals surface area (Å²) in [6.07, 6.45) is 1.80. The Morgan fingerprint density at radius 1 is 1.06 bits per heavy atom. The standard InChI is InChI=1S/C24H26Cl2N6O/c1-31-22-21-20(30-31)10-12-32(14-16-3-6-17(33-2)7-4-16)23(21)29-24(28-22)27-11-9-15-5-8-18(25)19(26)13-15/h3-8,13,20,30H,9-12,14H2,1-2H3,(H,27,28,29). The molecule has 2 aromatic carbocycles. The summed E-state index contributed by atoms with van der Waals surface area (Å²) in [5.74, 6) is 3.40. The van der Waals surface area contributed by atoms with Crippen molar-refractivity contribution in [3.05, 3.63) is 69.2 Å². The first-order valence-corrected chi connectivity index (χ1v) is 11.7. The molecule has 2 N–H and O–H groups in total. The molecule has 0 spiro atoms. The number of methoxy groups -OCH3 is 1. The fourth-order valence-electron chi connectivity index (χ4n) is 4.41. The second kappa shape index (κ2) is 9.25. The van der Waals surface area contributed by atoms with Crippen molar-refractivity contribution in [1.29, 1.82) is 0 Å². The molecule has 0 saturated heterocycles. The number of hydrogen-bond donors (Lipinski definition) is 2. The number of ether oxygens (including phenoxy) is 1. The second-order valence-corrected chi connectivity index (χ2v) is 9.15. The van der Waals surface area contributed by atoms with Crippen LogP contribution in [0.2, 0.25) is 10.0 Å². The van der Waals surface area contributed by atoms with Gasteiger partial charge in [0.1, 0.15) is 11.6 Å². The van der Waals surface area contributed by atoms with Crippen LogP contribution in [0, 0.1) is 0 Å². The first-order chi connectivity index (χ1) is 16.0. The van der Waals surface area contributed by atoms with Gasteiger partial charge in [-0.2, -0.15) is 9.97 Å². The van der Waals surface area contributed by atoms with E-state index in [0.717, 1.165) is 48.9 Å². The van der Waals surface area contributed by atoms with Crippen LogP contribution < -0.4 is 25.4 Å². The molecule has 7 nitrogen and oxygen atoms in total. The maximum atomic E-state index is 6.15. The first-order valence-electron chi connectivity index (χ1n) is 11.0. The van der Waals surface area contributed by atoms with Crippen molar-refractivity contribution in [3.8, 4) is 5.75 Å². The molecule has 5 rings (SSSR count). The van der Waals surface area contributed by atoms with Gasteiger partial charge in [0.15, 0.2) is 5.82 Å². The highest BCUT2D eigenvalue weighted by Gasteiger charge is 2.37. The third-order valence-corrected chi connectivity index (χ3v) is 6.86. The van der Waals surface area contributed by atoms with E-state index in [2.05, 4.69) is 27.8 Å². The number of nitrogens with zero attached hydrogens (tertiary/aromatic N) is 4. The molecule has 33 heavy (non-hydrogen) atoms. The lowest BCUT2D eigenvalue weighted by molar-refractivity contribution is 0.414. The van der Waals surface area contributed by atoms with Gasteiger partial charge >= 0.3 is 0 Å². The lowest BCUT2D eigenvalue weighted by Crippen LogP contribution is -2.36. The topological polar surface area (TPSA) is 65.6 Å². The van der Waals surface area contributed by atoms with Gasteiger partial charge < -0.3 is 15.0 Å². The van der Waals surface area contributed by atoms with Crippen molar-refractivity contribution in [3.63, 3.8) is 0 Å². The number of hydrogen-bond acceptors (Lipinski definition) is 7. The van der Waals surface area contributed by atoms with Crippen LogP contribution >= 0.6 is 23.2 Å². The van der Waals surface area contributed by atoms with E-state index >= 15 is 0 Å². The number of aromatic nitrogens is 2. The monoisotopic (exact) mass is 484 g/mol. The van der Waals surface area contributed by atoms with E-state index in [4.69, 9.17) is 37.9 Å². The van der Waals surface area contributed by atoms with Crippen molar-refractivity contribution in [2.24, 2.45) is 0 Å². The largest absolute Gasteiger partial charge is 0.497 e. The zero-order valence-corrected chi connectivity index (χ0v) is 20.1. The molecular formula is C24H26Cl2N6O. The fourth-order valence-corrected chi connectivity index (χ4v) is 4.73. The molecule has 0 aliphatic carbocycles. The number of benzene rings is 2. The highest BCUT2D eigenvalue weighted by Crippen LogP contribution is 2.43. The van der Waals surface area contributed by atoms with Gasteiger partial charge in [-0.15, -0.1) is 0 Å². The Hall–Kier alpha value is -2.74. The Balaban J connectivity index is 1.36. The van der Waals surface area contributed by atoms with Crippen molar-refractivity contribution >= 4 is 40.8 Å². The normalized spacial score (nSPS) is 16.7. The zero-order valence-electron chi connectivity index (χ0n) is 18.6. The lowest BCUT2D eigenvalue weighted by Gasteiger charge is -2.32. The van der Waals surface area contributed by atoms with Gasteiger partial charge in [0.2, 0.25) is 5.95 Å². The molecule has 2 aliphatic rings. The van der Waals surface area contributed by atoms with Gasteiger partial charge in [-0.3, -0.25) is 5.01 Å². The molecule has 0 amide bonds. The van der Waals surface area contributed by atoms with Crippen LogP contribution in [0.5, 0.6) is 5.75 Å². The molecular weight excluding hydrogens is 459 g/mol. The molecule has 172 valence electrons. The average molecular weight is 485 g/mol. The summed E-state index contributed by atoms with van der Waals surface area (Å²) in [4.78, 5) is 12.1. The summed E-state index contributed by atoms with van der Waals surface area (Å²) in [6, 6.07) is 14.2. The van der Waals surface area contributed by atoms with Gasteiger partial charge in [0, 0.05) is 26.7 Å². The summed E-state index contributed by atoms with van der Waals surface area (Å²) < 4.78 is 5.29. The van der Waals surface area contributed by atoms with E-state index in [0.29, 0.717) is 22.5 Å². The van der Waals surface area contributed by atoms with Gasteiger partial charge in [-0.25, -0.2) is 5.43 Å². The highest BCUT2D eigenvalue weighted by molar-refractivity contribution is 6.42. The summed E-state index contributed by atoms with van der Waals surface area (Å²) in [5, 5.41) is 6.54. The van der Waals surface area contributed by atoms with Gasteiger partial charge in [-0.05, 0) is 48.2 Å². The van der Waals surface area contributed by atoms with Gasteiger partial charge in [0.05, 0.1) is 28.8 Å². The molecule has 0 saturated carbocycles. The number of nitrogens with one attached hydrogen (secondary N) is 2. The Labute approximate surface area is 203 Å². The number of rotatable bonds is 7. The number of halogens is 2. The SMILES string of the molecule is COc1ccc(CN2CCC3NN(C)c4nc(NCCc5ccc(Cl)c(Cl)c5)nc2c43)cc1. The quantitative estimate of drug-likeness (QED) is 0.496. The molecule has 0 fully saturated rings. The average Bonchev–Trinajstić information content (AvgIpc) is 3.14. The van der Waals surface area contributed by atoms with Gasteiger partial charge in [0.25, 0.3) is 0 Å². The van der Waals surface area contributed by atoms with Crippen molar-refractivity contribution in [2.75, 3.05) is 42.5 Å². The Kier molecular flexibility index (Phi) is 6.19. The second-order valence-electron chi connectivity index (χ2n) is 8.33. The Bertz CT molecular complexity index is 1160. The predicted molar refractivity (Wildman–Crippen MR) is 134 cm³/mol. The molecule has 2 aliphatic heterocycles. The molecule has 3 heterocycles. The Morgan fingerprint density at radius 2 is 1.82 bits per heavy atom. The summed E-state index contributed by atoms with van der Waals surface area (Å²) >= 11 is 12.2. The van der Waals surface area contributed by atoms with Crippen LogP contribution in [-0.4, -0.2) is 37.2 Å². The third-order valence-electron chi connectivity index (χ3n) is 6.12.